The number of nitrogens with two attached hydrogens (primary N) is 1. The second-order valence-electron chi connectivity index (χ2n) is 7.41. The van der Waals surface area contributed by atoms with Crippen molar-refractivity contribution in [2.45, 2.75) is 25.3 Å². The minimum absolute atomic E-state index is 0.100. The van der Waals surface area contributed by atoms with Gasteiger partial charge in [0.2, 0.25) is 0 Å². The van der Waals surface area contributed by atoms with Crippen LogP contribution in [0.4, 0.5) is 15.9 Å². The van der Waals surface area contributed by atoms with Gasteiger partial charge in [-0.2, -0.15) is 5.10 Å². The van der Waals surface area contributed by atoms with E-state index in [1.807, 2.05) is 7.05 Å². The van der Waals surface area contributed by atoms with E-state index in [0.29, 0.717) is 16.9 Å². The van der Waals surface area contributed by atoms with Gasteiger partial charge in [0.05, 0.1) is 24.3 Å². The third-order valence-corrected chi connectivity index (χ3v) is 5.24. The van der Waals surface area contributed by atoms with Crippen LogP contribution in [0.25, 0.3) is 11.3 Å². The van der Waals surface area contributed by atoms with Gasteiger partial charge in [-0.05, 0) is 31.4 Å². The van der Waals surface area contributed by atoms with Crippen LogP contribution >= 0.6 is 0 Å². The summed E-state index contributed by atoms with van der Waals surface area (Å²) in [6.07, 6.45) is 7.26. The highest BCUT2D eigenvalue weighted by Crippen LogP contribution is 2.28. The summed E-state index contributed by atoms with van der Waals surface area (Å²) in [6.45, 7) is 1.64. The smallest absolute Gasteiger partial charge is 0.276 e. The van der Waals surface area contributed by atoms with Crippen molar-refractivity contribution in [1.29, 1.82) is 0 Å². The molecule has 3 N–H and O–H groups in total. The normalized spacial score (nSPS) is 16.9. The van der Waals surface area contributed by atoms with Crippen molar-refractivity contribution >= 4 is 17.4 Å². The van der Waals surface area contributed by atoms with E-state index in [1.54, 1.807) is 29.1 Å². The predicted octanol–water partition coefficient (Wildman–Crippen LogP) is 2.59. The minimum Gasteiger partial charge on any atom is -0.355 e. The zero-order valence-electron chi connectivity index (χ0n) is 16.8. The van der Waals surface area contributed by atoms with Crippen LogP contribution in [0.15, 0.2) is 42.9 Å². The lowest BCUT2D eigenvalue weighted by Crippen LogP contribution is -2.29. The van der Waals surface area contributed by atoms with E-state index in [4.69, 9.17) is 5.73 Å². The topological polar surface area (TPSA) is 102 Å². The van der Waals surface area contributed by atoms with Crippen molar-refractivity contribution in [3.05, 3.63) is 54.4 Å². The summed E-state index contributed by atoms with van der Waals surface area (Å²) in [6, 6.07) is 6.45. The number of rotatable bonds is 4. The van der Waals surface area contributed by atoms with E-state index >= 15 is 0 Å². The van der Waals surface area contributed by atoms with Crippen molar-refractivity contribution in [3.63, 3.8) is 0 Å². The summed E-state index contributed by atoms with van der Waals surface area (Å²) >= 11 is 0. The maximum Gasteiger partial charge on any atom is 0.276 e. The molecular formula is C21H24FN7O. The Morgan fingerprint density at radius 2 is 2.03 bits per heavy atom. The Labute approximate surface area is 173 Å². The molecule has 9 heteroatoms. The molecule has 3 heterocycles. The Morgan fingerprint density at radius 3 is 2.87 bits per heavy atom. The molecule has 8 nitrogen and oxygen atoms in total. The van der Waals surface area contributed by atoms with Gasteiger partial charge < -0.3 is 16.0 Å². The van der Waals surface area contributed by atoms with Crippen molar-refractivity contribution < 1.29 is 9.18 Å². The fourth-order valence-corrected chi connectivity index (χ4v) is 3.69. The lowest BCUT2D eigenvalue weighted by Gasteiger charge is -2.24. The van der Waals surface area contributed by atoms with E-state index in [2.05, 4.69) is 25.3 Å². The van der Waals surface area contributed by atoms with E-state index in [9.17, 15) is 9.18 Å². The van der Waals surface area contributed by atoms with E-state index < -0.39 is 11.7 Å². The van der Waals surface area contributed by atoms with Crippen LogP contribution in [0, 0.1) is 5.82 Å². The molecule has 30 heavy (non-hydrogen) atoms. The van der Waals surface area contributed by atoms with Crippen LogP contribution in [0.1, 0.15) is 29.8 Å². The molecule has 1 atom stereocenters. The SMILES string of the molecule is Cn1ncc(NC(=O)c2cncc(-c3ccccc3F)n2)c1N1CCC[C@@H](N)CC1. The number of carbonyl (C=O) groups excluding carboxylic acids is 1. The highest BCUT2D eigenvalue weighted by molar-refractivity contribution is 6.04. The van der Waals surface area contributed by atoms with Crippen molar-refractivity contribution in [3.8, 4) is 11.3 Å². The second-order valence-corrected chi connectivity index (χ2v) is 7.41. The molecule has 0 radical (unpaired) electrons. The van der Waals surface area contributed by atoms with Gasteiger partial charge >= 0.3 is 0 Å². The molecule has 1 fully saturated rings. The number of hydrogen-bond donors (Lipinski definition) is 2. The highest BCUT2D eigenvalue weighted by atomic mass is 19.1. The average molecular weight is 409 g/mol. The second kappa shape index (κ2) is 8.58. The van der Waals surface area contributed by atoms with Gasteiger partial charge in [-0.15, -0.1) is 0 Å². The highest BCUT2D eigenvalue weighted by Gasteiger charge is 2.22. The number of benzene rings is 1. The molecule has 0 bridgehead atoms. The molecular weight excluding hydrogens is 385 g/mol. The molecule has 0 saturated carbocycles. The summed E-state index contributed by atoms with van der Waals surface area (Å²) in [4.78, 5) is 23.4. The van der Waals surface area contributed by atoms with Gasteiger partial charge in [0.25, 0.3) is 5.91 Å². The lowest BCUT2D eigenvalue weighted by molar-refractivity contribution is 0.102. The van der Waals surface area contributed by atoms with Crippen LogP contribution in [0.3, 0.4) is 0 Å². The number of amides is 1. The number of aromatic nitrogens is 4. The molecule has 1 aromatic carbocycles. The molecule has 1 saturated heterocycles. The summed E-state index contributed by atoms with van der Waals surface area (Å²) in [7, 11) is 1.84. The van der Waals surface area contributed by atoms with Crippen LogP contribution in [0.5, 0.6) is 0 Å². The first-order valence-electron chi connectivity index (χ1n) is 9.94. The van der Waals surface area contributed by atoms with E-state index in [0.717, 1.165) is 38.2 Å². The Hall–Kier alpha value is -3.33. The Bertz CT molecular complexity index is 1050. The zero-order chi connectivity index (χ0) is 21.1. The standard InChI is InChI=1S/C21H24FN7O/c1-28-21(29-9-4-5-14(23)8-10-29)19(13-25-28)27-20(30)18-12-24-11-17(26-18)15-6-2-3-7-16(15)22/h2-3,6-7,11-14H,4-5,8-10,23H2,1H3,(H,27,30)/t14-/m1/s1. The number of nitrogens with zero attached hydrogens (tertiary/aromatic N) is 5. The Balaban J connectivity index is 1.57. The van der Waals surface area contributed by atoms with Crippen LogP contribution in [0.2, 0.25) is 0 Å². The fourth-order valence-electron chi connectivity index (χ4n) is 3.69. The quantitative estimate of drug-likeness (QED) is 0.687. The van der Waals surface area contributed by atoms with Crippen molar-refractivity contribution in [1.82, 2.24) is 19.7 Å². The Morgan fingerprint density at radius 1 is 1.20 bits per heavy atom. The molecule has 1 aliphatic rings. The molecule has 2 aromatic heterocycles. The van der Waals surface area contributed by atoms with Gasteiger partial charge in [0, 0.05) is 31.7 Å². The molecule has 1 aliphatic heterocycles. The largest absolute Gasteiger partial charge is 0.355 e. The minimum atomic E-state index is -0.429. The number of nitrogens with one attached hydrogen (secondary N) is 1. The van der Waals surface area contributed by atoms with Crippen LogP contribution in [-0.2, 0) is 7.05 Å². The first-order valence-corrected chi connectivity index (χ1v) is 9.94. The molecule has 4 rings (SSSR count). The molecule has 156 valence electrons. The van der Waals surface area contributed by atoms with Crippen LogP contribution in [-0.4, -0.2) is 44.8 Å². The molecule has 3 aromatic rings. The van der Waals surface area contributed by atoms with Crippen molar-refractivity contribution in [2.24, 2.45) is 12.8 Å². The Kier molecular flexibility index (Phi) is 5.71. The number of hydrogen-bond acceptors (Lipinski definition) is 6. The average Bonchev–Trinajstić information content (AvgIpc) is 2.96. The molecule has 0 spiro atoms. The maximum atomic E-state index is 14.1. The number of aryl methyl sites for hydroxylation is 1. The fraction of sp³-hybridized carbons (Fsp3) is 0.333. The number of carbonyl (C=O) groups is 1. The van der Waals surface area contributed by atoms with Gasteiger partial charge in [-0.25, -0.2) is 9.37 Å². The van der Waals surface area contributed by atoms with Gasteiger partial charge in [0.1, 0.15) is 17.2 Å². The van der Waals surface area contributed by atoms with E-state index in [1.165, 1.54) is 18.5 Å². The van der Waals surface area contributed by atoms with Gasteiger partial charge in [0.15, 0.2) is 5.82 Å². The summed E-state index contributed by atoms with van der Waals surface area (Å²) in [5.74, 6) is -0.0181. The monoisotopic (exact) mass is 409 g/mol. The summed E-state index contributed by atoms with van der Waals surface area (Å²) < 4.78 is 15.8. The lowest BCUT2D eigenvalue weighted by atomic mass is 10.1. The van der Waals surface area contributed by atoms with E-state index in [-0.39, 0.29) is 11.7 Å². The number of halogens is 1. The first kappa shape index (κ1) is 20.0. The molecule has 0 unspecified atom stereocenters. The molecule has 0 aliphatic carbocycles. The van der Waals surface area contributed by atoms with Crippen molar-refractivity contribution in [2.75, 3.05) is 23.3 Å². The zero-order valence-corrected chi connectivity index (χ0v) is 16.8. The van der Waals surface area contributed by atoms with Gasteiger partial charge in [-0.3, -0.25) is 14.5 Å². The van der Waals surface area contributed by atoms with Crippen LogP contribution < -0.4 is 16.0 Å². The molecule has 1 amide bonds. The van der Waals surface area contributed by atoms with Gasteiger partial charge in [-0.1, -0.05) is 12.1 Å². The third-order valence-electron chi connectivity index (χ3n) is 5.24. The number of anilines is 2. The summed E-state index contributed by atoms with van der Waals surface area (Å²) in [5, 5.41) is 7.19. The maximum absolute atomic E-state index is 14.1. The predicted molar refractivity (Wildman–Crippen MR) is 113 cm³/mol. The summed E-state index contributed by atoms with van der Waals surface area (Å²) in [5.41, 5.74) is 7.38. The first-order chi connectivity index (χ1) is 14.5. The third kappa shape index (κ3) is 4.16.